The molecule has 0 heterocycles. The maximum atomic E-state index is 12.1. The van der Waals surface area contributed by atoms with Crippen LogP contribution in [0.1, 0.15) is 29.8 Å². The van der Waals surface area contributed by atoms with E-state index in [1.807, 2.05) is 0 Å². The van der Waals surface area contributed by atoms with Gasteiger partial charge in [0, 0.05) is 29.5 Å². The Morgan fingerprint density at radius 2 is 1.82 bits per heavy atom. The molecule has 0 aliphatic carbocycles. The zero-order valence-electron chi connectivity index (χ0n) is 15.2. The number of carbonyl (C=O) groups is 3. The number of nitro benzene ring substituents is 1. The van der Waals surface area contributed by atoms with Crippen molar-refractivity contribution in [3.8, 4) is 0 Å². The van der Waals surface area contributed by atoms with Crippen molar-refractivity contribution in [1.29, 1.82) is 0 Å². The van der Waals surface area contributed by atoms with E-state index in [4.69, 9.17) is 4.74 Å². The number of benzene rings is 2. The summed E-state index contributed by atoms with van der Waals surface area (Å²) in [4.78, 5) is 45.5. The number of ketones is 1. The minimum Gasteiger partial charge on any atom is -0.449 e. The molecule has 2 aromatic carbocycles. The van der Waals surface area contributed by atoms with Crippen molar-refractivity contribution in [3.63, 3.8) is 0 Å². The zero-order chi connectivity index (χ0) is 20.7. The van der Waals surface area contributed by atoms with E-state index in [2.05, 4.69) is 5.32 Å². The van der Waals surface area contributed by atoms with Crippen LogP contribution in [0.15, 0.2) is 54.6 Å². The number of hydrogen-bond acceptors (Lipinski definition) is 6. The number of anilines is 1. The second kappa shape index (κ2) is 9.22. The summed E-state index contributed by atoms with van der Waals surface area (Å²) in [5.74, 6) is -1.41. The Bertz CT molecular complexity index is 934. The molecule has 0 spiro atoms. The first-order chi connectivity index (χ1) is 13.3. The van der Waals surface area contributed by atoms with E-state index in [-0.39, 0.29) is 11.5 Å². The molecule has 28 heavy (non-hydrogen) atoms. The Labute approximate surface area is 161 Å². The van der Waals surface area contributed by atoms with Gasteiger partial charge in [-0.25, -0.2) is 4.79 Å². The van der Waals surface area contributed by atoms with Crippen LogP contribution in [-0.2, 0) is 14.3 Å². The Morgan fingerprint density at radius 1 is 1.14 bits per heavy atom. The summed E-state index contributed by atoms with van der Waals surface area (Å²) in [6, 6.07) is 12.0. The number of esters is 1. The molecule has 0 aromatic heterocycles. The van der Waals surface area contributed by atoms with Crippen LogP contribution in [0.2, 0.25) is 0 Å². The lowest BCUT2D eigenvalue weighted by molar-refractivity contribution is -0.384. The topological polar surface area (TPSA) is 116 Å². The van der Waals surface area contributed by atoms with Crippen molar-refractivity contribution in [2.24, 2.45) is 0 Å². The van der Waals surface area contributed by atoms with E-state index < -0.39 is 22.9 Å². The van der Waals surface area contributed by atoms with Crippen LogP contribution in [0.3, 0.4) is 0 Å². The molecule has 8 heteroatoms. The van der Waals surface area contributed by atoms with Gasteiger partial charge in [0.1, 0.15) is 0 Å². The molecule has 0 unspecified atom stereocenters. The lowest BCUT2D eigenvalue weighted by atomic mass is 10.1. The van der Waals surface area contributed by atoms with Gasteiger partial charge in [-0.1, -0.05) is 12.1 Å². The standard InChI is InChI=1S/C20H18N2O6/c1-13(23)16-4-3-5-17(12-16)21-20(25)14(2)28-19(24)11-8-15-6-9-18(10-7-15)22(26)27/h3-12,14H,1-2H3,(H,21,25)/b11-8+/t14-/m0/s1. The van der Waals surface area contributed by atoms with Gasteiger partial charge in [0.2, 0.25) is 0 Å². The van der Waals surface area contributed by atoms with Gasteiger partial charge in [0.15, 0.2) is 11.9 Å². The number of nitro groups is 1. The number of Topliss-reactive ketones (excluding diaryl/α,β-unsaturated/α-hetero) is 1. The first-order valence-corrected chi connectivity index (χ1v) is 8.31. The second-order valence-corrected chi connectivity index (χ2v) is 5.89. The SMILES string of the molecule is CC(=O)c1cccc(NC(=O)[C@H](C)OC(=O)/C=C/c2ccc([N+](=O)[O-])cc2)c1. The van der Waals surface area contributed by atoms with E-state index in [0.717, 1.165) is 6.08 Å². The molecule has 0 bridgehead atoms. The average molecular weight is 382 g/mol. The normalized spacial score (nSPS) is 11.6. The van der Waals surface area contributed by atoms with Crippen molar-refractivity contribution >= 4 is 35.1 Å². The van der Waals surface area contributed by atoms with Gasteiger partial charge in [-0.3, -0.25) is 19.7 Å². The molecule has 1 N–H and O–H groups in total. The molecule has 0 aliphatic heterocycles. The van der Waals surface area contributed by atoms with Gasteiger partial charge in [-0.15, -0.1) is 0 Å². The highest BCUT2D eigenvalue weighted by Gasteiger charge is 2.17. The number of carbonyl (C=O) groups excluding carboxylic acids is 3. The number of hydrogen-bond donors (Lipinski definition) is 1. The summed E-state index contributed by atoms with van der Waals surface area (Å²) in [6.07, 6.45) is 1.49. The molecule has 0 radical (unpaired) electrons. The third-order valence-electron chi connectivity index (χ3n) is 3.71. The Balaban J connectivity index is 1.92. The van der Waals surface area contributed by atoms with Crippen molar-refractivity contribution in [2.45, 2.75) is 20.0 Å². The summed E-state index contributed by atoms with van der Waals surface area (Å²) >= 11 is 0. The predicted octanol–water partition coefficient (Wildman–Crippen LogP) is 3.38. The lowest BCUT2D eigenvalue weighted by Gasteiger charge is -2.12. The van der Waals surface area contributed by atoms with Crippen molar-refractivity contribution in [3.05, 3.63) is 75.8 Å². The molecular weight excluding hydrogens is 364 g/mol. The third-order valence-corrected chi connectivity index (χ3v) is 3.71. The monoisotopic (exact) mass is 382 g/mol. The lowest BCUT2D eigenvalue weighted by Crippen LogP contribution is -2.29. The van der Waals surface area contributed by atoms with Crippen LogP contribution in [0.5, 0.6) is 0 Å². The fraction of sp³-hybridized carbons (Fsp3) is 0.150. The zero-order valence-corrected chi connectivity index (χ0v) is 15.2. The van der Waals surface area contributed by atoms with Crippen LogP contribution < -0.4 is 5.32 Å². The van der Waals surface area contributed by atoms with Gasteiger partial charge in [-0.05, 0) is 49.8 Å². The summed E-state index contributed by atoms with van der Waals surface area (Å²) in [7, 11) is 0. The molecule has 2 aromatic rings. The molecule has 0 saturated heterocycles. The summed E-state index contributed by atoms with van der Waals surface area (Å²) in [6.45, 7) is 2.84. The fourth-order valence-corrected chi connectivity index (χ4v) is 2.20. The largest absolute Gasteiger partial charge is 0.449 e. The summed E-state index contributed by atoms with van der Waals surface area (Å²) < 4.78 is 5.03. The molecule has 144 valence electrons. The minimum absolute atomic E-state index is 0.0566. The minimum atomic E-state index is -1.06. The highest BCUT2D eigenvalue weighted by atomic mass is 16.6. The fourth-order valence-electron chi connectivity index (χ4n) is 2.20. The van der Waals surface area contributed by atoms with Gasteiger partial charge < -0.3 is 10.1 Å². The van der Waals surface area contributed by atoms with Crippen molar-refractivity contribution in [1.82, 2.24) is 0 Å². The highest BCUT2D eigenvalue weighted by molar-refractivity contribution is 5.99. The van der Waals surface area contributed by atoms with Gasteiger partial charge >= 0.3 is 5.97 Å². The van der Waals surface area contributed by atoms with Crippen LogP contribution in [0.25, 0.3) is 6.08 Å². The van der Waals surface area contributed by atoms with E-state index in [0.29, 0.717) is 16.8 Å². The van der Waals surface area contributed by atoms with E-state index in [1.54, 1.807) is 18.2 Å². The van der Waals surface area contributed by atoms with E-state index in [1.165, 1.54) is 50.3 Å². The smallest absolute Gasteiger partial charge is 0.331 e. The molecule has 8 nitrogen and oxygen atoms in total. The summed E-state index contributed by atoms with van der Waals surface area (Å²) in [5.41, 5.74) is 1.38. The van der Waals surface area contributed by atoms with Crippen LogP contribution >= 0.6 is 0 Å². The third kappa shape index (κ3) is 5.87. The van der Waals surface area contributed by atoms with Crippen LogP contribution in [-0.4, -0.2) is 28.7 Å². The quantitative estimate of drug-likeness (QED) is 0.258. The van der Waals surface area contributed by atoms with E-state index >= 15 is 0 Å². The number of nitrogens with zero attached hydrogens (tertiary/aromatic N) is 1. The predicted molar refractivity (Wildman–Crippen MR) is 103 cm³/mol. The second-order valence-electron chi connectivity index (χ2n) is 5.89. The highest BCUT2D eigenvalue weighted by Crippen LogP contribution is 2.14. The van der Waals surface area contributed by atoms with Crippen LogP contribution in [0, 0.1) is 10.1 Å². The van der Waals surface area contributed by atoms with Crippen LogP contribution in [0.4, 0.5) is 11.4 Å². The first kappa shape index (κ1) is 20.5. The van der Waals surface area contributed by atoms with E-state index in [9.17, 15) is 24.5 Å². The average Bonchev–Trinajstić information content (AvgIpc) is 2.66. The number of rotatable bonds is 7. The number of ether oxygens (including phenoxy) is 1. The molecule has 1 atom stereocenters. The molecule has 0 fully saturated rings. The number of amides is 1. The Hall–Kier alpha value is -3.81. The maximum absolute atomic E-state index is 12.1. The maximum Gasteiger partial charge on any atom is 0.331 e. The molecular formula is C20H18N2O6. The first-order valence-electron chi connectivity index (χ1n) is 8.31. The number of nitrogens with one attached hydrogen (secondary N) is 1. The summed E-state index contributed by atoms with van der Waals surface area (Å²) in [5, 5.41) is 13.2. The number of non-ortho nitro benzene ring substituents is 1. The van der Waals surface area contributed by atoms with Gasteiger partial charge in [0.05, 0.1) is 4.92 Å². The molecule has 0 saturated carbocycles. The Kier molecular flexibility index (Phi) is 6.75. The van der Waals surface area contributed by atoms with Gasteiger partial charge in [-0.2, -0.15) is 0 Å². The van der Waals surface area contributed by atoms with Crippen molar-refractivity contribution in [2.75, 3.05) is 5.32 Å². The van der Waals surface area contributed by atoms with Crippen molar-refractivity contribution < 1.29 is 24.0 Å². The van der Waals surface area contributed by atoms with Gasteiger partial charge in [0.25, 0.3) is 11.6 Å². The Morgan fingerprint density at radius 3 is 2.43 bits per heavy atom. The molecule has 0 aliphatic rings. The molecule has 1 amide bonds. The molecule has 2 rings (SSSR count).